The first kappa shape index (κ1) is 22.3. The third-order valence-corrected chi connectivity index (χ3v) is 6.31. The molecule has 1 amide bonds. The van der Waals surface area contributed by atoms with Gasteiger partial charge in [-0.3, -0.25) is 9.69 Å². The van der Waals surface area contributed by atoms with Gasteiger partial charge in [0.2, 0.25) is 11.8 Å². The van der Waals surface area contributed by atoms with E-state index in [0.717, 1.165) is 61.7 Å². The first-order chi connectivity index (χ1) is 15.5. The largest absolute Gasteiger partial charge is 0.469 e. The number of carbonyl (C=O) groups excluding carboxylic acids is 1. The van der Waals surface area contributed by atoms with Crippen molar-refractivity contribution in [3.05, 3.63) is 65.4 Å². The van der Waals surface area contributed by atoms with E-state index >= 15 is 0 Å². The molecule has 0 aliphatic carbocycles. The fourth-order valence-electron chi connectivity index (χ4n) is 4.29. The quantitative estimate of drug-likeness (QED) is 0.552. The van der Waals surface area contributed by atoms with Crippen LogP contribution in [0.5, 0.6) is 0 Å². The van der Waals surface area contributed by atoms with Crippen LogP contribution >= 0.6 is 0 Å². The summed E-state index contributed by atoms with van der Waals surface area (Å²) in [5, 5.41) is 3.15. The van der Waals surface area contributed by atoms with Gasteiger partial charge in [0.25, 0.3) is 0 Å². The molecule has 6 nitrogen and oxygen atoms in total. The van der Waals surface area contributed by atoms with Crippen LogP contribution in [0.2, 0.25) is 0 Å². The summed E-state index contributed by atoms with van der Waals surface area (Å²) in [6.45, 7) is 8.68. The van der Waals surface area contributed by atoms with Crippen molar-refractivity contribution in [3.63, 3.8) is 0 Å². The van der Waals surface area contributed by atoms with Crippen molar-refractivity contribution in [2.24, 2.45) is 5.92 Å². The maximum Gasteiger partial charge on any atom is 0.226 e. The fourth-order valence-corrected chi connectivity index (χ4v) is 4.29. The van der Waals surface area contributed by atoms with E-state index in [1.54, 1.807) is 6.26 Å². The summed E-state index contributed by atoms with van der Waals surface area (Å²) in [7, 11) is 0. The van der Waals surface area contributed by atoms with E-state index in [1.807, 2.05) is 26.0 Å². The minimum absolute atomic E-state index is 0.0641. The zero-order valence-corrected chi connectivity index (χ0v) is 19.3. The van der Waals surface area contributed by atoms with Crippen molar-refractivity contribution in [3.8, 4) is 11.5 Å². The van der Waals surface area contributed by atoms with Crippen molar-refractivity contribution < 1.29 is 13.6 Å². The van der Waals surface area contributed by atoms with E-state index in [9.17, 15) is 4.79 Å². The molecule has 1 aromatic carbocycles. The molecule has 1 unspecified atom stereocenters. The molecular formula is C26H33N3O3. The maximum absolute atomic E-state index is 12.7. The molecule has 0 bridgehead atoms. The molecule has 1 aliphatic heterocycles. The van der Waals surface area contributed by atoms with E-state index < -0.39 is 0 Å². The monoisotopic (exact) mass is 435 g/mol. The van der Waals surface area contributed by atoms with Crippen molar-refractivity contribution in [1.82, 2.24) is 15.2 Å². The number of benzene rings is 1. The lowest BCUT2D eigenvalue weighted by atomic mass is 9.95. The van der Waals surface area contributed by atoms with Crippen LogP contribution in [-0.2, 0) is 24.2 Å². The smallest absolute Gasteiger partial charge is 0.226 e. The minimum atomic E-state index is 0.0641. The Labute approximate surface area is 190 Å². The Kier molecular flexibility index (Phi) is 7.10. The number of carbonyl (C=O) groups is 1. The number of piperidine rings is 1. The number of aromatic nitrogens is 1. The highest BCUT2D eigenvalue weighted by Crippen LogP contribution is 2.25. The third kappa shape index (κ3) is 5.49. The zero-order valence-electron chi connectivity index (χ0n) is 19.3. The summed E-state index contributed by atoms with van der Waals surface area (Å²) >= 11 is 0. The second-order valence-corrected chi connectivity index (χ2v) is 8.82. The van der Waals surface area contributed by atoms with Crippen molar-refractivity contribution >= 4 is 5.91 Å². The van der Waals surface area contributed by atoms with Crippen molar-refractivity contribution in [2.45, 2.75) is 59.0 Å². The van der Waals surface area contributed by atoms with Gasteiger partial charge in [-0.05, 0) is 76.0 Å². The van der Waals surface area contributed by atoms with Gasteiger partial charge in [-0.25, -0.2) is 4.98 Å². The van der Waals surface area contributed by atoms with Crippen LogP contribution in [0.25, 0.3) is 11.5 Å². The first-order valence-corrected chi connectivity index (χ1v) is 11.6. The van der Waals surface area contributed by atoms with E-state index in [0.29, 0.717) is 12.3 Å². The fraction of sp³-hybridized carbons (Fsp3) is 0.462. The lowest BCUT2D eigenvalue weighted by Crippen LogP contribution is -2.43. The number of hydrogen-bond acceptors (Lipinski definition) is 5. The van der Waals surface area contributed by atoms with Crippen LogP contribution in [0.1, 0.15) is 49.5 Å². The normalized spacial score (nSPS) is 16.2. The molecule has 32 heavy (non-hydrogen) atoms. The number of amides is 1. The number of hydrogen-bond donors (Lipinski definition) is 1. The molecule has 3 aromatic rings. The molecule has 0 spiro atoms. The number of rotatable bonds is 8. The predicted molar refractivity (Wildman–Crippen MR) is 124 cm³/mol. The van der Waals surface area contributed by atoms with Crippen LogP contribution in [0.3, 0.4) is 0 Å². The Morgan fingerprint density at radius 1 is 1.22 bits per heavy atom. The molecule has 4 rings (SSSR count). The second kappa shape index (κ2) is 10.2. The van der Waals surface area contributed by atoms with Crippen LogP contribution in [-0.4, -0.2) is 34.9 Å². The second-order valence-electron chi connectivity index (χ2n) is 8.82. The number of furan rings is 1. The molecule has 1 saturated heterocycles. The van der Waals surface area contributed by atoms with E-state index in [-0.39, 0.29) is 17.9 Å². The van der Waals surface area contributed by atoms with Gasteiger partial charge in [0.1, 0.15) is 11.5 Å². The molecule has 2 aromatic heterocycles. The Balaban J connectivity index is 1.27. The van der Waals surface area contributed by atoms with Crippen LogP contribution in [0.4, 0.5) is 0 Å². The van der Waals surface area contributed by atoms with E-state index in [4.69, 9.17) is 13.8 Å². The van der Waals surface area contributed by atoms with E-state index in [2.05, 4.69) is 41.4 Å². The summed E-state index contributed by atoms with van der Waals surface area (Å²) in [6, 6.07) is 12.3. The van der Waals surface area contributed by atoms with Crippen LogP contribution in [0, 0.1) is 12.8 Å². The molecule has 1 atom stereocenters. The molecule has 1 fully saturated rings. The summed E-state index contributed by atoms with van der Waals surface area (Å²) in [6.07, 6.45) is 5.13. The SMILES string of the molecule is CCc1ccc(-c2nc(CN3CCC(C(=O)NC(C)Cc4ccco4)CC3)c(C)o2)cc1. The number of nitrogens with zero attached hydrogens (tertiary/aromatic N) is 2. The zero-order chi connectivity index (χ0) is 22.5. The van der Waals surface area contributed by atoms with Gasteiger partial charge in [-0.15, -0.1) is 0 Å². The Hall–Kier alpha value is -2.86. The average Bonchev–Trinajstić information content (AvgIpc) is 3.44. The molecule has 3 heterocycles. The van der Waals surface area contributed by atoms with Crippen molar-refractivity contribution in [2.75, 3.05) is 13.1 Å². The summed E-state index contributed by atoms with van der Waals surface area (Å²) < 4.78 is 11.3. The Bertz CT molecular complexity index is 1000. The molecule has 0 saturated carbocycles. The van der Waals surface area contributed by atoms with Gasteiger partial charge in [0, 0.05) is 30.5 Å². The van der Waals surface area contributed by atoms with Gasteiger partial charge < -0.3 is 14.2 Å². The molecule has 170 valence electrons. The lowest BCUT2D eigenvalue weighted by molar-refractivity contribution is -0.127. The van der Waals surface area contributed by atoms with Gasteiger partial charge in [0.05, 0.1) is 12.0 Å². The number of aryl methyl sites for hydroxylation is 2. The van der Waals surface area contributed by atoms with Crippen molar-refractivity contribution in [1.29, 1.82) is 0 Å². The maximum atomic E-state index is 12.7. The van der Waals surface area contributed by atoms with Crippen LogP contribution < -0.4 is 5.32 Å². The average molecular weight is 436 g/mol. The highest BCUT2D eigenvalue weighted by atomic mass is 16.4. The lowest BCUT2D eigenvalue weighted by Gasteiger charge is -2.31. The Morgan fingerprint density at radius 3 is 2.62 bits per heavy atom. The minimum Gasteiger partial charge on any atom is -0.469 e. The van der Waals surface area contributed by atoms with Gasteiger partial charge in [0.15, 0.2) is 0 Å². The topological polar surface area (TPSA) is 71.5 Å². The van der Waals surface area contributed by atoms with Gasteiger partial charge in [-0.2, -0.15) is 0 Å². The highest BCUT2D eigenvalue weighted by Gasteiger charge is 2.27. The molecule has 0 radical (unpaired) electrons. The van der Waals surface area contributed by atoms with Crippen LogP contribution in [0.15, 0.2) is 51.5 Å². The molecule has 1 aliphatic rings. The first-order valence-electron chi connectivity index (χ1n) is 11.6. The number of oxazole rings is 1. The highest BCUT2D eigenvalue weighted by molar-refractivity contribution is 5.79. The molecule has 6 heteroatoms. The standard InChI is InChI=1S/C26H33N3O3/c1-4-20-7-9-22(10-8-20)26-28-24(19(3)32-26)17-29-13-11-21(12-14-29)25(30)27-18(2)16-23-6-5-15-31-23/h5-10,15,18,21H,4,11-14,16-17H2,1-3H3,(H,27,30). The summed E-state index contributed by atoms with van der Waals surface area (Å²) in [5.74, 6) is 2.66. The van der Waals surface area contributed by atoms with Gasteiger partial charge in [-0.1, -0.05) is 19.1 Å². The number of likely N-dealkylation sites (tertiary alicyclic amines) is 1. The summed E-state index contributed by atoms with van der Waals surface area (Å²) in [5.41, 5.74) is 3.30. The molecule has 1 N–H and O–H groups in total. The molecular weight excluding hydrogens is 402 g/mol. The summed E-state index contributed by atoms with van der Waals surface area (Å²) in [4.78, 5) is 19.8. The third-order valence-electron chi connectivity index (χ3n) is 6.31. The number of nitrogens with one attached hydrogen (secondary N) is 1. The van der Waals surface area contributed by atoms with E-state index in [1.165, 1.54) is 5.56 Å². The predicted octanol–water partition coefficient (Wildman–Crippen LogP) is 4.76. The Morgan fingerprint density at radius 2 is 1.97 bits per heavy atom. The van der Waals surface area contributed by atoms with Gasteiger partial charge >= 0.3 is 0 Å².